The number of nitrogens with zero attached hydrogens (tertiary/aromatic N) is 4. The molecule has 1 aliphatic rings. The first-order valence-electron chi connectivity index (χ1n) is 6.57. The summed E-state index contributed by atoms with van der Waals surface area (Å²) >= 11 is 4.69. The molecule has 4 rings (SSSR count). The monoisotopic (exact) mass is 372 g/mol. The van der Waals surface area contributed by atoms with Gasteiger partial charge < -0.3 is 0 Å². The summed E-state index contributed by atoms with van der Waals surface area (Å²) in [5, 5.41) is 8.40. The average Bonchev–Trinajstić information content (AvgIpc) is 3.04. The lowest BCUT2D eigenvalue weighted by molar-refractivity contribution is 0.0915. The minimum absolute atomic E-state index is 0.102. The van der Waals surface area contributed by atoms with Crippen molar-refractivity contribution in [3.8, 4) is 0 Å². The van der Waals surface area contributed by atoms with E-state index in [4.69, 9.17) is 0 Å². The highest BCUT2D eigenvalue weighted by molar-refractivity contribution is 9.10. The van der Waals surface area contributed by atoms with Crippen LogP contribution in [0.1, 0.15) is 4.79 Å². The van der Waals surface area contributed by atoms with Crippen molar-refractivity contribution < 1.29 is 4.79 Å². The van der Waals surface area contributed by atoms with Crippen molar-refractivity contribution in [1.29, 1.82) is 0 Å². The molecule has 5 nitrogen and oxygen atoms in total. The Bertz CT molecular complexity index is 904. The molecule has 0 radical (unpaired) electrons. The van der Waals surface area contributed by atoms with Gasteiger partial charge in [0.2, 0.25) is 5.37 Å². The van der Waals surface area contributed by atoms with Crippen LogP contribution in [0.3, 0.4) is 0 Å². The van der Waals surface area contributed by atoms with E-state index >= 15 is 0 Å². The van der Waals surface area contributed by atoms with Crippen LogP contribution >= 0.6 is 27.7 Å². The van der Waals surface area contributed by atoms with E-state index in [2.05, 4.69) is 31.1 Å². The van der Waals surface area contributed by atoms with Crippen LogP contribution in [0.15, 0.2) is 68.4 Å². The number of fused-ring (bicyclic) bond motifs is 3. The van der Waals surface area contributed by atoms with Gasteiger partial charge in [-0.25, -0.2) is 4.98 Å². The minimum Gasteiger partial charge on any atom is -0.270 e. The number of imidazole rings is 1. The Balaban J connectivity index is 1.63. The molecule has 108 valence electrons. The van der Waals surface area contributed by atoms with Crippen LogP contribution in [-0.2, 0) is 0 Å². The van der Waals surface area contributed by atoms with Crippen LogP contribution in [0.25, 0.3) is 11.0 Å². The van der Waals surface area contributed by atoms with Gasteiger partial charge in [0.15, 0.2) is 5.16 Å². The molecule has 0 N–H and O–H groups in total. The Morgan fingerprint density at radius 1 is 1.14 bits per heavy atom. The summed E-state index contributed by atoms with van der Waals surface area (Å²) in [6, 6.07) is 15.0. The molecule has 3 aromatic rings. The highest BCUT2D eigenvalue weighted by Gasteiger charge is 2.34. The van der Waals surface area contributed by atoms with Gasteiger partial charge in [-0.15, -0.1) is 0 Å². The molecule has 0 unspecified atom stereocenters. The predicted octanol–water partition coefficient (Wildman–Crippen LogP) is 4.65. The zero-order chi connectivity index (χ0) is 15.1. The Labute approximate surface area is 138 Å². The lowest BCUT2D eigenvalue weighted by Crippen LogP contribution is -2.14. The first-order chi connectivity index (χ1) is 10.7. The van der Waals surface area contributed by atoms with E-state index in [1.165, 1.54) is 11.8 Å². The summed E-state index contributed by atoms with van der Waals surface area (Å²) in [4.78, 5) is 16.9. The van der Waals surface area contributed by atoms with Gasteiger partial charge in [-0.05, 0) is 48.2 Å². The quantitative estimate of drug-likeness (QED) is 0.614. The summed E-state index contributed by atoms with van der Waals surface area (Å²) in [6.45, 7) is 0. The van der Waals surface area contributed by atoms with Crippen LogP contribution in [0, 0.1) is 0 Å². The molecule has 0 bridgehead atoms. The molecule has 1 aromatic heterocycles. The number of benzene rings is 2. The van der Waals surface area contributed by atoms with Crippen molar-refractivity contribution in [1.82, 2.24) is 9.55 Å². The van der Waals surface area contributed by atoms with E-state index in [0.29, 0.717) is 10.8 Å². The Morgan fingerprint density at radius 3 is 2.73 bits per heavy atom. The van der Waals surface area contributed by atoms with Gasteiger partial charge in [-0.2, -0.15) is 10.2 Å². The van der Waals surface area contributed by atoms with E-state index in [1.807, 2.05) is 48.5 Å². The molecule has 2 aromatic carbocycles. The second kappa shape index (κ2) is 5.33. The smallest absolute Gasteiger partial charge is 0.270 e. The van der Waals surface area contributed by atoms with Gasteiger partial charge >= 0.3 is 0 Å². The lowest BCUT2D eigenvalue weighted by atomic mass is 10.3. The van der Waals surface area contributed by atoms with Crippen molar-refractivity contribution in [2.45, 2.75) is 10.5 Å². The first kappa shape index (κ1) is 13.7. The maximum atomic E-state index is 12.5. The fourth-order valence-corrected chi connectivity index (χ4v) is 3.47. The van der Waals surface area contributed by atoms with E-state index in [-0.39, 0.29) is 5.91 Å². The molecule has 0 aliphatic carbocycles. The molecular weight excluding hydrogens is 364 g/mol. The number of rotatable bonds is 2. The normalized spacial score (nSPS) is 17.5. The third-order valence-electron chi connectivity index (χ3n) is 3.28. The first-order valence-corrected chi connectivity index (χ1v) is 8.24. The highest BCUT2D eigenvalue weighted by Crippen LogP contribution is 2.36. The maximum absolute atomic E-state index is 12.5. The van der Waals surface area contributed by atoms with Gasteiger partial charge in [0.25, 0.3) is 5.91 Å². The van der Waals surface area contributed by atoms with Crippen LogP contribution in [0.2, 0.25) is 0 Å². The molecule has 7 heteroatoms. The van der Waals surface area contributed by atoms with Crippen LogP contribution < -0.4 is 0 Å². The summed E-state index contributed by atoms with van der Waals surface area (Å²) in [7, 11) is 0. The Kier molecular flexibility index (Phi) is 3.31. The minimum atomic E-state index is -0.573. The van der Waals surface area contributed by atoms with Gasteiger partial charge in [0.05, 0.1) is 16.7 Å². The Morgan fingerprint density at radius 2 is 1.91 bits per heavy atom. The van der Waals surface area contributed by atoms with E-state index in [0.717, 1.165) is 15.5 Å². The van der Waals surface area contributed by atoms with E-state index in [9.17, 15) is 4.79 Å². The van der Waals surface area contributed by atoms with Crippen molar-refractivity contribution in [3.63, 3.8) is 0 Å². The number of hydrogen-bond donors (Lipinski definition) is 0. The average molecular weight is 373 g/mol. The maximum Gasteiger partial charge on any atom is 0.270 e. The second-order valence-electron chi connectivity index (χ2n) is 4.72. The van der Waals surface area contributed by atoms with Crippen molar-refractivity contribution >= 4 is 50.3 Å². The summed E-state index contributed by atoms with van der Waals surface area (Å²) in [6.07, 6.45) is 0. The predicted molar refractivity (Wildman–Crippen MR) is 88.7 cm³/mol. The number of carbonyl (C=O) groups excluding carboxylic acids is 1. The number of azo groups is 1. The number of halogens is 1. The molecule has 0 fully saturated rings. The van der Waals surface area contributed by atoms with Crippen LogP contribution in [0.5, 0.6) is 0 Å². The van der Waals surface area contributed by atoms with Crippen molar-refractivity contribution in [2.75, 3.05) is 0 Å². The molecular formula is C15H9BrN4OS. The van der Waals surface area contributed by atoms with E-state index in [1.54, 1.807) is 4.57 Å². The molecule has 0 spiro atoms. The highest BCUT2D eigenvalue weighted by atomic mass is 79.9. The lowest BCUT2D eigenvalue weighted by Gasteiger charge is -2.00. The summed E-state index contributed by atoms with van der Waals surface area (Å²) in [5.74, 6) is -0.102. The third-order valence-corrected chi connectivity index (χ3v) is 4.82. The fraction of sp³-hybridized carbons (Fsp3) is 0.0667. The van der Waals surface area contributed by atoms with Crippen LogP contribution in [0.4, 0.5) is 5.69 Å². The number of aromatic nitrogens is 2. The van der Waals surface area contributed by atoms with Gasteiger partial charge in [0.1, 0.15) is 0 Å². The van der Waals surface area contributed by atoms with Gasteiger partial charge in [-0.3, -0.25) is 9.36 Å². The van der Waals surface area contributed by atoms with Gasteiger partial charge in [-0.1, -0.05) is 28.1 Å². The standard InChI is InChI=1S/C15H9BrN4OS/c16-9-5-7-10(8-6-9)18-19-13-14(21)20-12-4-2-1-3-11(12)17-15(20)22-13/h1-8,13H/t13-/m0/s1. The zero-order valence-corrected chi connectivity index (χ0v) is 13.6. The molecule has 1 aliphatic heterocycles. The van der Waals surface area contributed by atoms with Crippen molar-refractivity contribution in [2.24, 2.45) is 10.2 Å². The van der Waals surface area contributed by atoms with E-state index < -0.39 is 5.37 Å². The molecule has 1 atom stereocenters. The topological polar surface area (TPSA) is 59.6 Å². The third kappa shape index (κ3) is 2.26. The van der Waals surface area contributed by atoms with Crippen LogP contribution in [-0.4, -0.2) is 20.8 Å². The molecule has 0 saturated heterocycles. The molecule has 0 amide bonds. The number of para-hydroxylation sites is 2. The summed E-state index contributed by atoms with van der Waals surface area (Å²) in [5.41, 5.74) is 2.35. The zero-order valence-electron chi connectivity index (χ0n) is 11.2. The number of thioether (sulfide) groups is 1. The SMILES string of the molecule is O=C1[C@@H](N=Nc2ccc(Br)cc2)Sc2nc3ccccc3n21. The number of carbonyl (C=O) groups is 1. The fourth-order valence-electron chi connectivity index (χ4n) is 2.26. The summed E-state index contributed by atoms with van der Waals surface area (Å²) < 4.78 is 2.59. The van der Waals surface area contributed by atoms with Gasteiger partial charge in [0, 0.05) is 4.47 Å². The molecule has 22 heavy (non-hydrogen) atoms. The van der Waals surface area contributed by atoms with Crippen molar-refractivity contribution in [3.05, 3.63) is 53.0 Å². The number of hydrogen-bond acceptors (Lipinski definition) is 5. The molecule has 0 saturated carbocycles. The Hall–Kier alpha value is -1.99. The largest absolute Gasteiger partial charge is 0.270 e. The second-order valence-corrected chi connectivity index (χ2v) is 6.68. The molecule has 2 heterocycles.